The normalized spacial score (nSPS) is 16.8. The molecule has 4 aromatic rings. The molecule has 4 amide bonds. The maximum atomic E-state index is 14.2. The quantitative estimate of drug-likeness (QED) is 0.0951. The predicted molar refractivity (Wildman–Crippen MR) is 170 cm³/mol. The van der Waals surface area contributed by atoms with Gasteiger partial charge in [0.25, 0.3) is 5.91 Å². The van der Waals surface area contributed by atoms with Crippen LogP contribution in [0.3, 0.4) is 0 Å². The lowest BCUT2D eigenvalue weighted by atomic mass is 9.89. The number of esters is 1. The van der Waals surface area contributed by atoms with Crippen LogP contribution in [0, 0.1) is 11.2 Å². The SMILES string of the molecule is CCOC(=O)CC(NC(=O)CN1C(=O)N(Cc2ccc3ccccc3c2)C(C)(c2ccc(C(=N)N)cc2)C1=O)c1ccc(F)cc1. The first kappa shape index (κ1) is 31.8. The van der Waals surface area contributed by atoms with Crippen LogP contribution in [0.15, 0.2) is 91.0 Å². The summed E-state index contributed by atoms with van der Waals surface area (Å²) in [5, 5.41) is 12.4. The summed E-state index contributed by atoms with van der Waals surface area (Å²) in [5.74, 6) is -2.51. The smallest absolute Gasteiger partial charge is 0.328 e. The molecule has 1 saturated heterocycles. The molecule has 1 aliphatic heterocycles. The summed E-state index contributed by atoms with van der Waals surface area (Å²) < 4.78 is 18.7. The van der Waals surface area contributed by atoms with E-state index in [9.17, 15) is 23.6 Å². The van der Waals surface area contributed by atoms with Crippen LogP contribution in [-0.4, -0.2) is 52.6 Å². The van der Waals surface area contributed by atoms with Crippen molar-refractivity contribution in [3.8, 4) is 0 Å². The third-order valence-corrected chi connectivity index (χ3v) is 8.16. The van der Waals surface area contributed by atoms with Gasteiger partial charge in [0.15, 0.2) is 0 Å². The summed E-state index contributed by atoms with van der Waals surface area (Å²) in [4.78, 5) is 56.3. The number of hydrogen-bond donors (Lipinski definition) is 3. The first-order chi connectivity index (χ1) is 22.0. The molecule has 11 heteroatoms. The van der Waals surface area contributed by atoms with Crippen LogP contribution < -0.4 is 11.1 Å². The fraction of sp³-hybridized carbons (Fsp3) is 0.229. The van der Waals surface area contributed by atoms with Gasteiger partial charge in [0.05, 0.1) is 19.1 Å². The fourth-order valence-electron chi connectivity index (χ4n) is 5.66. The molecule has 10 nitrogen and oxygen atoms in total. The third kappa shape index (κ3) is 6.44. The molecular formula is C35H34FN5O5. The number of carbonyl (C=O) groups excluding carboxylic acids is 4. The average Bonchev–Trinajstić information content (AvgIpc) is 3.21. The molecule has 2 atom stereocenters. The minimum atomic E-state index is -1.50. The van der Waals surface area contributed by atoms with Gasteiger partial charge in [0.2, 0.25) is 5.91 Å². The highest BCUT2D eigenvalue weighted by Gasteiger charge is 2.55. The van der Waals surface area contributed by atoms with Gasteiger partial charge in [-0.15, -0.1) is 0 Å². The average molecular weight is 624 g/mol. The zero-order chi connectivity index (χ0) is 33.0. The number of ether oxygens (including phenoxy) is 1. The first-order valence-electron chi connectivity index (χ1n) is 14.8. The Hall–Kier alpha value is -5.58. The van der Waals surface area contributed by atoms with Crippen molar-refractivity contribution in [2.45, 2.75) is 38.4 Å². The number of nitrogen functional groups attached to an aromatic ring is 1. The Kier molecular flexibility index (Phi) is 9.13. The molecule has 1 fully saturated rings. The molecule has 0 aliphatic carbocycles. The Morgan fingerprint density at radius 3 is 2.30 bits per heavy atom. The van der Waals surface area contributed by atoms with Gasteiger partial charge in [-0.2, -0.15) is 0 Å². The Morgan fingerprint density at radius 2 is 1.65 bits per heavy atom. The van der Waals surface area contributed by atoms with Crippen LogP contribution in [0.25, 0.3) is 10.8 Å². The number of benzene rings is 4. The first-order valence-corrected chi connectivity index (χ1v) is 14.8. The largest absolute Gasteiger partial charge is 0.466 e. The Labute approximate surface area is 265 Å². The number of imide groups is 1. The molecule has 0 spiro atoms. The summed E-state index contributed by atoms with van der Waals surface area (Å²) in [6, 6.07) is 23.8. The van der Waals surface area contributed by atoms with E-state index < -0.39 is 47.8 Å². The van der Waals surface area contributed by atoms with Crippen molar-refractivity contribution in [3.63, 3.8) is 0 Å². The molecule has 5 rings (SSSR count). The molecule has 0 radical (unpaired) electrons. The van der Waals surface area contributed by atoms with Crippen LogP contribution >= 0.6 is 0 Å². The minimum absolute atomic E-state index is 0.0690. The highest BCUT2D eigenvalue weighted by atomic mass is 19.1. The van der Waals surface area contributed by atoms with E-state index in [1.54, 1.807) is 38.1 Å². The van der Waals surface area contributed by atoms with Crippen molar-refractivity contribution in [1.29, 1.82) is 5.41 Å². The van der Waals surface area contributed by atoms with Crippen LogP contribution in [0.5, 0.6) is 0 Å². The van der Waals surface area contributed by atoms with Crippen LogP contribution in [0.2, 0.25) is 0 Å². The number of nitrogens with one attached hydrogen (secondary N) is 2. The zero-order valence-corrected chi connectivity index (χ0v) is 25.5. The molecular weight excluding hydrogens is 589 g/mol. The van der Waals surface area contributed by atoms with Gasteiger partial charge in [-0.25, -0.2) is 9.18 Å². The lowest BCUT2D eigenvalue weighted by molar-refractivity contribution is -0.144. The van der Waals surface area contributed by atoms with Crippen LogP contribution in [0.1, 0.15) is 48.6 Å². The van der Waals surface area contributed by atoms with E-state index in [0.29, 0.717) is 16.7 Å². The molecule has 0 bridgehead atoms. The van der Waals surface area contributed by atoms with E-state index in [1.807, 2.05) is 42.5 Å². The van der Waals surface area contributed by atoms with Crippen molar-refractivity contribution in [3.05, 3.63) is 119 Å². The van der Waals surface area contributed by atoms with Gasteiger partial charge in [-0.3, -0.25) is 24.7 Å². The highest BCUT2D eigenvalue weighted by molar-refractivity contribution is 6.09. The van der Waals surface area contributed by atoms with Crippen molar-refractivity contribution in [2.75, 3.05) is 13.2 Å². The number of rotatable bonds is 11. The molecule has 2 unspecified atom stereocenters. The predicted octanol–water partition coefficient (Wildman–Crippen LogP) is 4.75. The summed E-state index contributed by atoms with van der Waals surface area (Å²) in [6.45, 7) is 2.87. The summed E-state index contributed by atoms with van der Waals surface area (Å²) in [6.07, 6.45) is -0.235. The molecule has 46 heavy (non-hydrogen) atoms. The van der Waals surface area contributed by atoms with Crippen LogP contribution in [-0.2, 0) is 31.2 Å². The molecule has 4 aromatic carbocycles. The van der Waals surface area contributed by atoms with Gasteiger partial charge in [-0.1, -0.05) is 72.8 Å². The number of hydrogen-bond acceptors (Lipinski definition) is 6. The third-order valence-electron chi connectivity index (χ3n) is 8.16. The van der Waals surface area contributed by atoms with Gasteiger partial charge < -0.3 is 20.7 Å². The van der Waals surface area contributed by atoms with E-state index >= 15 is 0 Å². The van der Waals surface area contributed by atoms with Crippen molar-refractivity contribution < 1.29 is 28.3 Å². The number of urea groups is 1. The molecule has 0 aromatic heterocycles. The van der Waals surface area contributed by atoms with Gasteiger partial charge >= 0.3 is 12.0 Å². The number of amidine groups is 1. The Bertz CT molecular complexity index is 1810. The molecule has 1 heterocycles. The molecule has 0 saturated carbocycles. The standard InChI is InChI=1S/C35H34FN5O5/c1-3-46-31(43)19-29(24-12-16-28(36)17-13-24)39-30(42)21-40-33(44)35(2,27-14-10-25(11-15-27)32(37)38)41(34(40)45)20-22-8-9-23-6-4-5-7-26(23)18-22/h4-18,29H,3,19-21H2,1-2H3,(H3,37,38)(H,39,42). The van der Waals surface area contributed by atoms with Gasteiger partial charge in [-0.05, 0) is 59.5 Å². The number of nitrogens with two attached hydrogens (primary N) is 1. The minimum Gasteiger partial charge on any atom is -0.466 e. The highest BCUT2D eigenvalue weighted by Crippen LogP contribution is 2.39. The summed E-state index contributed by atoms with van der Waals surface area (Å²) >= 11 is 0. The Morgan fingerprint density at radius 1 is 0.978 bits per heavy atom. The van der Waals surface area contributed by atoms with Crippen molar-refractivity contribution in [2.24, 2.45) is 5.73 Å². The van der Waals surface area contributed by atoms with E-state index in [1.165, 1.54) is 29.2 Å². The monoisotopic (exact) mass is 623 g/mol. The second-order valence-electron chi connectivity index (χ2n) is 11.2. The maximum Gasteiger partial charge on any atom is 0.328 e. The maximum absolute atomic E-state index is 14.2. The number of fused-ring (bicyclic) bond motifs is 1. The van der Waals surface area contributed by atoms with Gasteiger partial charge in [0.1, 0.15) is 23.7 Å². The number of halogens is 1. The summed E-state index contributed by atoms with van der Waals surface area (Å²) in [7, 11) is 0. The number of nitrogens with zero attached hydrogens (tertiary/aromatic N) is 2. The second kappa shape index (κ2) is 13.2. The number of carbonyl (C=O) groups is 4. The molecule has 4 N–H and O–H groups in total. The molecule has 1 aliphatic rings. The van der Waals surface area contributed by atoms with Crippen molar-refractivity contribution in [1.82, 2.24) is 15.1 Å². The summed E-state index contributed by atoms with van der Waals surface area (Å²) in [5.41, 5.74) is 6.30. The van der Waals surface area contributed by atoms with Crippen LogP contribution in [0.4, 0.5) is 9.18 Å². The van der Waals surface area contributed by atoms with Crippen molar-refractivity contribution >= 4 is 40.4 Å². The second-order valence-corrected chi connectivity index (χ2v) is 11.2. The topological polar surface area (TPSA) is 146 Å². The molecule has 236 valence electrons. The van der Waals surface area contributed by atoms with Gasteiger partial charge in [0, 0.05) is 12.1 Å². The lowest BCUT2D eigenvalue weighted by Gasteiger charge is -2.32. The van der Waals surface area contributed by atoms with E-state index in [-0.39, 0.29) is 25.4 Å². The Balaban J connectivity index is 1.45. The number of amides is 4. The van der Waals surface area contributed by atoms with E-state index in [4.69, 9.17) is 15.9 Å². The van der Waals surface area contributed by atoms with E-state index in [0.717, 1.165) is 21.2 Å². The fourth-order valence-corrected chi connectivity index (χ4v) is 5.66. The van der Waals surface area contributed by atoms with E-state index in [2.05, 4.69) is 5.32 Å². The lowest BCUT2D eigenvalue weighted by Crippen LogP contribution is -2.44. The zero-order valence-electron chi connectivity index (χ0n) is 25.5.